The molecule has 0 rings (SSSR count). The van der Waals surface area contributed by atoms with Crippen LogP contribution >= 0.6 is 0 Å². The zero-order valence-corrected chi connectivity index (χ0v) is 5.14. The van der Waals surface area contributed by atoms with E-state index in [1.54, 1.807) is 6.92 Å². The van der Waals surface area contributed by atoms with Crippen LogP contribution in [0.15, 0.2) is 0 Å². The second kappa shape index (κ2) is 2.41. The van der Waals surface area contributed by atoms with Crippen LogP contribution in [-0.4, -0.2) is 10.9 Å². The van der Waals surface area contributed by atoms with Gasteiger partial charge >= 0.3 is 0 Å². The van der Waals surface area contributed by atoms with E-state index in [-0.39, 0.29) is 0 Å². The lowest BCUT2D eigenvalue weighted by molar-refractivity contribution is -1.09. The molecule has 0 aliphatic carbocycles. The largest absolute Gasteiger partial charge is 0.599 e. The van der Waals surface area contributed by atoms with Crippen LogP contribution in [0.5, 0.6) is 0 Å². The molecule has 2 atom stereocenters. The highest BCUT2D eigenvalue weighted by Crippen LogP contribution is 1.90. The maximum Gasteiger partial charge on any atom is 0.175 e. The molecule has 4 N–H and O–H groups in total. The minimum absolute atomic E-state index is 0.461. The van der Waals surface area contributed by atoms with E-state index in [4.69, 9.17) is 10.9 Å². The topological polar surface area (TPSA) is 73.8 Å². The molecule has 0 saturated heterocycles. The van der Waals surface area contributed by atoms with Crippen molar-refractivity contribution in [2.45, 2.75) is 25.9 Å². The molecule has 0 aromatic heterocycles. The molecule has 0 aromatic carbocycles. The molecule has 8 heavy (non-hydrogen) atoms. The molecule has 0 fully saturated rings. The molecule has 0 spiro atoms. The van der Waals surface area contributed by atoms with Gasteiger partial charge in [0.1, 0.15) is 0 Å². The van der Waals surface area contributed by atoms with Crippen molar-refractivity contribution in [3.63, 3.8) is 0 Å². The standard InChI is InChI=1S/C4H12N2O2/c1-3-4(2,5)6(7)8/h6-7H,3,5H2,1-2H3/t4-/m1/s1. The quantitative estimate of drug-likeness (QED) is 0.318. The Bertz CT molecular complexity index is 72.4. The van der Waals surface area contributed by atoms with Crippen LogP contribution in [0.25, 0.3) is 0 Å². The first-order valence-corrected chi connectivity index (χ1v) is 2.53. The highest BCUT2D eigenvalue weighted by Gasteiger charge is 2.21. The van der Waals surface area contributed by atoms with Crippen molar-refractivity contribution in [1.82, 2.24) is 0 Å². The smallest absolute Gasteiger partial charge is 0.175 e. The van der Waals surface area contributed by atoms with Gasteiger partial charge in [0, 0.05) is 13.3 Å². The van der Waals surface area contributed by atoms with Crippen LogP contribution < -0.4 is 11.0 Å². The summed E-state index contributed by atoms with van der Waals surface area (Å²) >= 11 is 0. The fourth-order valence-corrected chi connectivity index (χ4v) is 0.151. The Kier molecular flexibility index (Phi) is 2.36. The van der Waals surface area contributed by atoms with E-state index in [1.165, 1.54) is 6.92 Å². The fourth-order valence-electron chi connectivity index (χ4n) is 0.151. The first-order valence-electron chi connectivity index (χ1n) is 2.53. The Morgan fingerprint density at radius 3 is 2.25 bits per heavy atom. The molecule has 50 valence electrons. The van der Waals surface area contributed by atoms with Crippen LogP contribution in [-0.2, 0) is 0 Å². The van der Waals surface area contributed by atoms with Crippen LogP contribution in [0.4, 0.5) is 0 Å². The normalized spacial score (nSPS) is 22.1. The zero-order valence-electron chi connectivity index (χ0n) is 5.14. The fraction of sp³-hybridized carbons (Fsp3) is 1.00. The van der Waals surface area contributed by atoms with Crippen molar-refractivity contribution in [2.75, 3.05) is 0 Å². The summed E-state index contributed by atoms with van der Waals surface area (Å²) in [7, 11) is 0. The number of quaternary nitrogens is 1. The summed E-state index contributed by atoms with van der Waals surface area (Å²) in [5.74, 6) is 0. The van der Waals surface area contributed by atoms with Crippen LogP contribution in [0.3, 0.4) is 0 Å². The molecular weight excluding hydrogens is 108 g/mol. The summed E-state index contributed by atoms with van der Waals surface area (Å²) in [4.78, 5) is 0. The molecule has 0 aliphatic heterocycles. The van der Waals surface area contributed by atoms with Crippen molar-refractivity contribution in [1.29, 1.82) is 0 Å². The lowest BCUT2D eigenvalue weighted by Crippen LogP contribution is -3.15. The van der Waals surface area contributed by atoms with Gasteiger partial charge in [0.05, 0.1) is 0 Å². The third kappa shape index (κ3) is 1.75. The average Bonchev–Trinajstić information content (AvgIpc) is 1.67. The molecule has 0 radical (unpaired) electrons. The number of nitrogens with two attached hydrogens (primary N) is 1. The molecule has 0 amide bonds. The summed E-state index contributed by atoms with van der Waals surface area (Å²) in [5, 5.41) is 17.5. The van der Waals surface area contributed by atoms with E-state index < -0.39 is 10.9 Å². The van der Waals surface area contributed by atoms with Gasteiger partial charge in [0.25, 0.3) is 0 Å². The monoisotopic (exact) mass is 120 g/mol. The van der Waals surface area contributed by atoms with Gasteiger partial charge in [-0.3, -0.25) is 5.73 Å². The third-order valence-electron chi connectivity index (χ3n) is 1.22. The summed E-state index contributed by atoms with van der Waals surface area (Å²) in [5.41, 5.74) is 4.22. The van der Waals surface area contributed by atoms with Gasteiger partial charge in [-0.15, -0.1) is 0 Å². The highest BCUT2D eigenvalue weighted by molar-refractivity contribution is 4.57. The van der Waals surface area contributed by atoms with Crippen molar-refractivity contribution in [3.05, 3.63) is 5.21 Å². The van der Waals surface area contributed by atoms with Gasteiger partial charge in [-0.2, -0.15) is 0 Å². The summed E-state index contributed by atoms with van der Waals surface area (Å²) in [6, 6.07) is 0. The van der Waals surface area contributed by atoms with Gasteiger partial charge < -0.3 is 5.21 Å². The summed E-state index contributed by atoms with van der Waals surface area (Å²) < 4.78 is 0. The van der Waals surface area contributed by atoms with E-state index in [0.29, 0.717) is 6.42 Å². The Hall–Kier alpha value is -0.160. The molecular formula is C4H12N2O2. The Labute approximate surface area is 48.4 Å². The molecule has 0 aromatic rings. The van der Waals surface area contributed by atoms with Crippen LogP contribution in [0.2, 0.25) is 0 Å². The summed E-state index contributed by atoms with van der Waals surface area (Å²) in [6.07, 6.45) is 0.461. The van der Waals surface area contributed by atoms with Crippen LogP contribution in [0.1, 0.15) is 20.3 Å². The molecule has 0 saturated carbocycles. The number of hydroxylamine groups is 2. The van der Waals surface area contributed by atoms with E-state index in [1.807, 2.05) is 0 Å². The lowest BCUT2D eigenvalue weighted by Gasteiger charge is -2.29. The Balaban J connectivity index is 3.71. The Morgan fingerprint density at radius 2 is 2.25 bits per heavy atom. The van der Waals surface area contributed by atoms with Crippen molar-refractivity contribution < 1.29 is 10.4 Å². The minimum Gasteiger partial charge on any atom is -0.599 e. The van der Waals surface area contributed by atoms with Gasteiger partial charge in [0.2, 0.25) is 0 Å². The number of nitrogens with one attached hydrogen (secondary N) is 1. The third-order valence-corrected chi connectivity index (χ3v) is 1.22. The second-order valence-corrected chi connectivity index (χ2v) is 2.08. The number of hydrogen-bond donors (Lipinski definition) is 3. The van der Waals surface area contributed by atoms with Gasteiger partial charge in [-0.1, -0.05) is 6.92 Å². The predicted molar refractivity (Wildman–Crippen MR) is 29.0 cm³/mol. The van der Waals surface area contributed by atoms with Crippen LogP contribution in [0, 0.1) is 5.21 Å². The molecule has 4 heteroatoms. The predicted octanol–water partition coefficient (Wildman–Crippen LogP) is -1.16. The zero-order chi connectivity index (χ0) is 6.78. The van der Waals surface area contributed by atoms with E-state index in [2.05, 4.69) is 0 Å². The highest BCUT2D eigenvalue weighted by atomic mass is 16.8. The van der Waals surface area contributed by atoms with Crippen molar-refractivity contribution in [3.8, 4) is 0 Å². The maximum absolute atomic E-state index is 10.1. The molecule has 4 nitrogen and oxygen atoms in total. The van der Waals surface area contributed by atoms with E-state index >= 15 is 0 Å². The lowest BCUT2D eigenvalue weighted by atomic mass is 10.2. The summed E-state index contributed by atoms with van der Waals surface area (Å²) in [6.45, 7) is 3.24. The van der Waals surface area contributed by atoms with Gasteiger partial charge in [-0.25, -0.2) is 10.4 Å². The van der Waals surface area contributed by atoms with Gasteiger partial charge in [-0.05, 0) is 0 Å². The average molecular weight is 120 g/mol. The van der Waals surface area contributed by atoms with E-state index in [0.717, 1.165) is 0 Å². The van der Waals surface area contributed by atoms with Crippen molar-refractivity contribution >= 4 is 0 Å². The maximum atomic E-state index is 10.1. The minimum atomic E-state index is -1.04. The van der Waals surface area contributed by atoms with E-state index in [9.17, 15) is 5.21 Å². The number of hydrogen-bond acceptors (Lipinski definition) is 3. The van der Waals surface area contributed by atoms with Gasteiger partial charge in [0.15, 0.2) is 5.66 Å². The first-order chi connectivity index (χ1) is 3.50. The second-order valence-electron chi connectivity index (χ2n) is 2.08. The SMILES string of the molecule is CC[C@](C)(N)[NH+]([O-])O. The molecule has 1 unspecified atom stereocenters. The molecule has 0 heterocycles. The molecule has 0 bridgehead atoms. The number of rotatable bonds is 2. The first kappa shape index (κ1) is 7.84. The molecule has 0 aliphatic rings. The Morgan fingerprint density at radius 1 is 1.88 bits per heavy atom. The van der Waals surface area contributed by atoms with Crippen molar-refractivity contribution in [2.24, 2.45) is 5.73 Å².